The van der Waals surface area contributed by atoms with Crippen LogP contribution in [0.5, 0.6) is 5.75 Å². The summed E-state index contributed by atoms with van der Waals surface area (Å²) in [6, 6.07) is 13.2. The lowest BCUT2D eigenvalue weighted by Gasteiger charge is -2.32. The van der Waals surface area contributed by atoms with Gasteiger partial charge in [-0.1, -0.05) is 56.5 Å². The van der Waals surface area contributed by atoms with Crippen LogP contribution in [0.25, 0.3) is 0 Å². The number of carbonyl (C=O) groups is 2. The van der Waals surface area contributed by atoms with Gasteiger partial charge >= 0.3 is 0 Å². The van der Waals surface area contributed by atoms with Crippen LogP contribution in [0.15, 0.2) is 53.5 Å². The van der Waals surface area contributed by atoms with Gasteiger partial charge in [0, 0.05) is 13.0 Å². The SMILES string of the molecule is CCCCCCCN1C(=O)CC(C(=O)Nc2ccccc2F)SC1=Nc1ccc(OC)cc1. The van der Waals surface area contributed by atoms with Gasteiger partial charge in [-0.15, -0.1) is 0 Å². The largest absolute Gasteiger partial charge is 0.497 e. The molecule has 0 aliphatic carbocycles. The second kappa shape index (κ2) is 12.4. The van der Waals surface area contributed by atoms with E-state index in [2.05, 4.69) is 17.2 Å². The van der Waals surface area contributed by atoms with Crippen LogP contribution in [0.4, 0.5) is 15.8 Å². The smallest absolute Gasteiger partial charge is 0.238 e. The average molecular weight is 472 g/mol. The number of carbonyl (C=O) groups excluding carboxylic acids is 2. The topological polar surface area (TPSA) is 71.0 Å². The van der Waals surface area contributed by atoms with Crippen molar-refractivity contribution >= 4 is 40.1 Å². The zero-order valence-corrected chi connectivity index (χ0v) is 19.9. The van der Waals surface area contributed by atoms with Crippen LogP contribution in [-0.4, -0.2) is 40.8 Å². The van der Waals surface area contributed by atoms with Gasteiger partial charge in [0.05, 0.1) is 18.5 Å². The van der Waals surface area contributed by atoms with Gasteiger partial charge in [-0.2, -0.15) is 0 Å². The molecule has 2 aromatic carbocycles. The van der Waals surface area contributed by atoms with Crippen molar-refractivity contribution in [3.8, 4) is 5.75 Å². The molecule has 1 fully saturated rings. The van der Waals surface area contributed by atoms with Crippen molar-refractivity contribution in [3.05, 3.63) is 54.3 Å². The number of para-hydroxylation sites is 1. The number of aliphatic imine (C=N–C) groups is 1. The summed E-state index contributed by atoms with van der Waals surface area (Å²) in [6.07, 6.45) is 5.41. The van der Waals surface area contributed by atoms with Crippen LogP contribution in [0.1, 0.15) is 45.4 Å². The number of anilines is 1. The Morgan fingerprint density at radius 2 is 1.88 bits per heavy atom. The average Bonchev–Trinajstić information content (AvgIpc) is 2.82. The molecular formula is C25H30FN3O3S. The highest BCUT2D eigenvalue weighted by atomic mass is 32.2. The van der Waals surface area contributed by atoms with Gasteiger partial charge in [0.1, 0.15) is 16.8 Å². The van der Waals surface area contributed by atoms with E-state index in [0.717, 1.165) is 25.7 Å². The van der Waals surface area contributed by atoms with Crippen molar-refractivity contribution in [2.24, 2.45) is 4.99 Å². The molecule has 0 saturated carbocycles. The molecule has 0 spiro atoms. The molecular weight excluding hydrogens is 441 g/mol. The van der Waals surface area contributed by atoms with E-state index in [1.54, 1.807) is 48.4 Å². The van der Waals surface area contributed by atoms with Crippen molar-refractivity contribution < 1.29 is 18.7 Å². The second-order valence-electron chi connectivity index (χ2n) is 7.83. The Kier molecular flexibility index (Phi) is 9.30. The molecule has 1 saturated heterocycles. The van der Waals surface area contributed by atoms with E-state index in [4.69, 9.17) is 4.74 Å². The van der Waals surface area contributed by atoms with E-state index in [0.29, 0.717) is 23.1 Å². The number of amidine groups is 1. The van der Waals surface area contributed by atoms with Crippen LogP contribution in [0.3, 0.4) is 0 Å². The minimum Gasteiger partial charge on any atom is -0.497 e. The third kappa shape index (κ3) is 7.05. The second-order valence-corrected chi connectivity index (χ2v) is 9.00. The summed E-state index contributed by atoms with van der Waals surface area (Å²) in [5.41, 5.74) is 0.764. The number of nitrogens with one attached hydrogen (secondary N) is 1. The monoisotopic (exact) mass is 471 g/mol. The van der Waals surface area contributed by atoms with E-state index in [-0.39, 0.29) is 18.0 Å². The third-order valence-electron chi connectivity index (χ3n) is 5.35. The highest BCUT2D eigenvalue weighted by Gasteiger charge is 2.35. The number of hydrogen-bond acceptors (Lipinski definition) is 5. The van der Waals surface area contributed by atoms with Gasteiger partial charge in [-0.05, 0) is 42.8 Å². The summed E-state index contributed by atoms with van der Waals surface area (Å²) in [6.45, 7) is 2.73. The highest BCUT2D eigenvalue weighted by Crippen LogP contribution is 2.31. The summed E-state index contributed by atoms with van der Waals surface area (Å²) in [5, 5.41) is 2.40. The van der Waals surface area contributed by atoms with Gasteiger partial charge in [0.15, 0.2) is 5.17 Å². The standard InChI is InChI=1S/C25H30FN3O3S/c1-3-4-5-6-9-16-29-23(30)17-22(24(31)28-21-11-8-7-10-20(21)26)33-25(29)27-18-12-14-19(32-2)15-13-18/h7-8,10-15,22H,3-6,9,16-17H2,1-2H3,(H,28,31). The molecule has 33 heavy (non-hydrogen) atoms. The zero-order valence-electron chi connectivity index (χ0n) is 19.1. The summed E-state index contributed by atoms with van der Waals surface area (Å²) in [4.78, 5) is 32.2. The first-order valence-electron chi connectivity index (χ1n) is 11.3. The van der Waals surface area contributed by atoms with Gasteiger partial charge in [0.25, 0.3) is 0 Å². The van der Waals surface area contributed by atoms with Crippen molar-refractivity contribution in [2.75, 3.05) is 19.0 Å². The number of thioether (sulfide) groups is 1. The minimum absolute atomic E-state index is 0.0432. The van der Waals surface area contributed by atoms with E-state index in [1.807, 2.05) is 0 Å². The van der Waals surface area contributed by atoms with Crippen LogP contribution in [0, 0.1) is 5.82 Å². The molecule has 1 heterocycles. The number of benzene rings is 2. The number of hydrogen-bond donors (Lipinski definition) is 1. The Balaban J connectivity index is 1.77. The van der Waals surface area contributed by atoms with E-state index < -0.39 is 17.0 Å². The predicted octanol–water partition coefficient (Wildman–Crippen LogP) is 5.77. The Bertz CT molecular complexity index is 981. The van der Waals surface area contributed by atoms with E-state index in [9.17, 15) is 14.0 Å². The quantitative estimate of drug-likeness (QED) is 0.447. The molecule has 176 valence electrons. The number of nitrogens with zero attached hydrogens (tertiary/aromatic N) is 2. The molecule has 2 aromatic rings. The fourth-order valence-corrected chi connectivity index (χ4v) is 4.60. The van der Waals surface area contributed by atoms with Gasteiger partial charge in [-0.3, -0.25) is 14.5 Å². The van der Waals surface area contributed by atoms with Crippen molar-refractivity contribution in [2.45, 2.75) is 50.7 Å². The maximum absolute atomic E-state index is 14.0. The fourth-order valence-electron chi connectivity index (χ4n) is 3.48. The molecule has 1 aliphatic heterocycles. The number of unbranched alkanes of at least 4 members (excludes halogenated alkanes) is 4. The lowest BCUT2D eigenvalue weighted by Crippen LogP contribution is -2.45. The molecule has 3 rings (SSSR count). The van der Waals surface area contributed by atoms with Crippen molar-refractivity contribution in [1.82, 2.24) is 4.90 Å². The maximum atomic E-state index is 14.0. The predicted molar refractivity (Wildman–Crippen MR) is 132 cm³/mol. The number of amides is 2. The molecule has 6 nitrogen and oxygen atoms in total. The van der Waals surface area contributed by atoms with Crippen LogP contribution in [-0.2, 0) is 9.59 Å². The Hall–Kier alpha value is -2.87. The minimum atomic E-state index is -0.689. The fraction of sp³-hybridized carbons (Fsp3) is 0.400. The summed E-state index contributed by atoms with van der Waals surface area (Å²) < 4.78 is 19.2. The van der Waals surface area contributed by atoms with E-state index in [1.165, 1.54) is 30.3 Å². The summed E-state index contributed by atoms with van der Waals surface area (Å²) in [7, 11) is 1.59. The highest BCUT2D eigenvalue weighted by molar-refractivity contribution is 8.15. The Morgan fingerprint density at radius 3 is 2.58 bits per heavy atom. The molecule has 1 atom stereocenters. The van der Waals surface area contributed by atoms with Crippen LogP contribution in [0.2, 0.25) is 0 Å². The Labute approximate surface area is 198 Å². The van der Waals surface area contributed by atoms with Crippen molar-refractivity contribution in [3.63, 3.8) is 0 Å². The maximum Gasteiger partial charge on any atom is 0.238 e. The number of halogens is 1. The number of ether oxygens (including phenoxy) is 1. The van der Waals surface area contributed by atoms with Crippen molar-refractivity contribution in [1.29, 1.82) is 0 Å². The molecule has 1 aliphatic rings. The molecule has 0 aromatic heterocycles. The molecule has 1 N–H and O–H groups in total. The number of methoxy groups -OCH3 is 1. The Morgan fingerprint density at radius 1 is 1.15 bits per heavy atom. The van der Waals surface area contributed by atoms with Crippen LogP contribution < -0.4 is 10.1 Å². The van der Waals surface area contributed by atoms with Crippen LogP contribution >= 0.6 is 11.8 Å². The van der Waals surface area contributed by atoms with Gasteiger partial charge in [0.2, 0.25) is 11.8 Å². The molecule has 2 amide bonds. The normalized spacial score (nSPS) is 17.3. The van der Waals surface area contributed by atoms with Gasteiger partial charge in [-0.25, -0.2) is 9.38 Å². The number of rotatable bonds is 10. The molecule has 1 unspecified atom stereocenters. The first kappa shape index (κ1) is 24.8. The molecule has 0 radical (unpaired) electrons. The lowest BCUT2D eigenvalue weighted by molar-refractivity contribution is -0.129. The van der Waals surface area contributed by atoms with E-state index >= 15 is 0 Å². The zero-order chi connectivity index (χ0) is 23.6. The summed E-state index contributed by atoms with van der Waals surface area (Å²) >= 11 is 1.24. The first-order chi connectivity index (χ1) is 16.0. The molecule has 0 bridgehead atoms. The third-order valence-corrected chi connectivity index (χ3v) is 6.53. The lowest BCUT2D eigenvalue weighted by atomic mass is 10.1. The summed E-state index contributed by atoms with van der Waals surface area (Å²) in [5.74, 6) is -0.367. The first-order valence-corrected chi connectivity index (χ1v) is 12.1. The van der Waals surface area contributed by atoms with Gasteiger partial charge < -0.3 is 10.1 Å². The molecule has 8 heteroatoms.